The Kier molecular flexibility index (Phi) is 5.38. The molecule has 2 aromatic rings. The lowest BCUT2D eigenvalue weighted by Crippen LogP contribution is -2.24. The highest BCUT2D eigenvalue weighted by atomic mass is 16.5. The van der Waals surface area contributed by atoms with Crippen molar-refractivity contribution in [3.8, 4) is 16.9 Å². The highest BCUT2D eigenvalue weighted by molar-refractivity contribution is 5.96. The maximum Gasteiger partial charge on any atom is 0.251 e. The predicted octanol–water partition coefficient (Wildman–Crippen LogP) is 3.89. The molecule has 0 saturated carbocycles. The van der Waals surface area contributed by atoms with Gasteiger partial charge in [-0.2, -0.15) is 0 Å². The van der Waals surface area contributed by atoms with Crippen molar-refractivity contribution < 1.29 is 9.53 Å². The fourth-order valence-corrected chi connectivity index (χ4v) is 2.17. The molecule has 0 heterocycles. The van der Waals surface area contributed by atoms with E-state index in [-0.39, 0.29) is 5.91 Å². The van der Waals surface area contributed by atoms with Crippen LogP contribution in [-0.2, 0) is 0 Å². The predicted molar refractivity (Wildman–Crippen MR) is 85.7 cm³/mol. The average molecular weight is 283 g/mol. The van der Waals surface area contributed by atoms with Gasteiger partial charge in [-0.15, -0.1) is 0 Å². The molecule has 21 heavy (non-hydrogen) atoms. The Morgan fingerprint density at radius 3 is 2.57 bits per heavy atom. The maximum absolute atomic E-state index is 12.2. The molecule has 3 nitrogen and oxygen atoms in total. The van der Waals surface area contributed by atoms with Gasteiger partial charge in [-0.05, 0) is 30.2 Å². The Balaban J connectivity index is 2.28. The molecule has 0 radical (unpaired) electrons. The van der Waals surface area contributed by atoms with Gasteiger partial charge in [0.1, 0.15) is 5.75 Å². The molecule has 0 bridgehead atoms. The van der Waals surface area contributed by atoms with E-state index in [9.17, 15) is 4.79 Å². The van der Waals surface area contributed by atoms with Crippen LogP contribution in [0.3, 0.4) is 0 Å². The summed E-state index contributed by atoms with van der Waals surface area (Å²) in [5.41, 5.74) is 2.63. The maximum atomic E-state index is 12.2. The van der Waals surface area contributed by atoms with Crippen LogP contribution in [0.2, 0.25) is 0 Å². The number of rotatable bonds is 6. The van der Waals surface area contributed by atoms with E-state index in [1.54, 1.807) is 13.2 Å². The summed E-state index contributed by atoms with van der Waals surface area (Å²) < 4.78 is 5.40. The standard InChI is InChI=1S/C18H21NO2/c1-3-4-12-19-18(20)15-10-11-17(21-2)16(13-15)14-8-6-5-7-9-14/h5-11,13H,3-4,12H2,1-2H3,(H,19,20). The molecule has 3 heteroatoms. The first-order valence-corrected chi connectivity index (χ1v) is 7.28. The van der Waals surface area contributed by atoms with Crippen molar-refractivity contribution in [2.24, 2.45) is 0 Å². The number of benzene rings is 2. The van der Waals surface area contributed by atoms with Crippen LogP contribution in [-0.4, -0.2) is 19.6 Å². The fourth-order valence-electron chi connectivity index (χ4n) is 2.17. The van der Waals surface area contributed by atoms with Crippen molar-refractivity contribution in [1.82, 2.24) is 5.32 Å². The van der Waals surface area contributed by atoms with Crippen molar-refractivity contribution >= 4 is 5.91 Å². The molecule has 0 fully saturated rings. The zero-order chi connectivity index (χ0) is 15.1. The second kappa shape index (κ2) is 7.48. The van der Waals surface area contributed by atoms with Crippen molar-refractivity contribution in [2.45, 2.75) is 19.8 Å². The monoisotopic (exact) mass is 283 g/mol. The smallest absolute Gasteiger partial charge is 0.251 e. The lowest BCUT2D eigenvalue weighted by atomic mass is 10.0. The van der Waals surface area contributed by atoms with Gasteiger partial charge in [0, 0.05) is 17.7 Å². The minimum absolute atomic E-state index is 0.0386. The van der Waals surface area contributed by atoms with Gasteiger partial charge in [0.25, 0.3) is 5.91 Å². The highest BCUT2D eigenvalue weighted by Gasteiger charge is 2.11. The first kappa shape index (κ1) is 15.1. The number of nitrogens with one attached hydrogen (secondary N) is 1. The van der Waals surface area contributed by atoms with Crippen LogP contribution in [0.15, 0.2) is 48.5 Å². The molecule has 1 N–H and O–H groups in total. The van der Waals surface area contributed by atoms with E-state index in [2.05, 4.69) is 12.2 Å². The van der Waals surface area contributed by atoms with Gasteiger partial charge in [-0.25, -0.2) is 0 Å². The molecule has 2 aromatic carbocycles. The molecule has 1 amide bonds. The van der Waals surface area contributed by atoms with Crippen LogP contribution in [0.1, 0.15) is 30.1 Å². The zero-order valence-corrected chi connectivity index (χ0v) is 12.6. The van der Waals surface area contributed by atoms with Crippen LogP contribution >= 0.6 is 0 Å². The van der Waals surface area contributed by atoms with Gasteiger partial charge in [0.2, 0.25) is 0 Å². The second-order valence-electron chi connectivity index (χ2n) is 4.89. The van der Waals surface area contributed by atoms with Gasteiger partial charge in [-0.1, -0.05) is 43.7 Å². The minimum atomic E-state index is -0.0386. The lowest BCUT2D eigenvalue weighted by Gasteiger charge is -2.11. The van der Waals surface area contributed by atoms with Gasteiger partial charge in [-0.3, -0.25) is 4.79 Å². The van der Waals surface area contributed by atoms with Gasteiger partial charge in [0.05, 0.1) is 7.11 Å². The van der Waals surface area contributed by atoms with Crippen LogP contribution in [0.25, 0.3) is 11.1 Å². The molecule has 0 aliphatic rings. The molecule has 0 spiro atoms. The van der Waals surface area contributed by atoms with E-state index in [4.69, 9.17) is 4.74 Å². The molecule has 0 aromatic heterocycles. The van der Waals surface area contributed by atoms with Crippen molar-refractivity contribution in [2.75, 3.05) is 13.7 Å². The number of ether oxygens (including phenoxy) is 1. The van der Waals surface area contributed by atoms with E-state index < -0.39 is 0 Å². The van der Waals surface area contributed by atoms with Crippen LogP contribution in [0, 0.1) is 0 Å². The molecule has 0 atom stereocenters. The molecular weight excluding hydrogens is 262 g/mol. The zero-order valence-electron chi connectivity index (χ0n) is 12.6. The normalized spacial score (nSPS) is 10.2. The van der Waals surface area contributed by atoms with E-state index >= 15 is 0 Å². The molecule has 2 rings (SSSR count). The summed E-state index contributed by atoms with van der Waals surface area (Å²) in [4.78, 5) is 12.2. The third-order valence-electron chi connectivity index (χ3n) is 3.36. The quantitative estimate of drug-likeness (QED) is 0.817. The Morgan fingerprint density at radius 1 is 1.14 bits per heavy atom. The van der Waals surface area contributed by atoms with Crippen LogP contribution < -0.4 is 10.1 Å². The number of methoxy groups -OCH3 is 1. The molecule has 110 valence electrons. The molecule has 0 aliphatic carbocycles. The number of carbonyl (C=O) groups is 1. The average Bonchev–Trinajstić information content (AvgIpc) is 2.55. The van der Waals surface area contributed by atoms with E-state index in [0.717, 1.165) is 29.7 Å². The summed E-state index contributed by atoms with van der Waals surface area (Å²) in [7, 11) is 1.64. The van der Waals surface area contributed by atoms with Crippen molar-refractivity contribution in [1.29, 1.82) is 0 Å². The van der Waals surface area contributed by atoms with Gasteiger partial charge < -0.3 is 10.1 Å². The van der Waals surface area contributed by atoms with Crippen molar-refractivity contribution in [3.05, 3.63) is 54.1 Å². The Morgan fingerprint density at radius 2 is 1.90 bits per heavy atom. The van der Waals surface area contributed by atoms with Crippen molar-refractivity contribution in [3.63, 3.8) is 0 Å². The second-order valence-corrected chi connectivity index (χ2v) is 4.89. The van der Waals surface area contributed by atoms with Crippen LogP contribution in [0.5, 0.6) is 5.75 Å². The number of hydrogen-bond donors (Lipinski definition) is 1. The Bertz CT molecular complexity index is 593. The Hall–Kier alpha value is -2.29. The third kappa shape index (κ3) is 3.85. The topological polar surface area (TPSA) is 38.3 Å². The minimum Gasteiger partial charge on any atom is -0.496 e. The molecule has 0 aliphatic heterocycles. The molecule has 0 unspecified atom stereocenters. The fraction of sp³-hybridized carbons (Fsp3) is 0.278. The summed E-state index contributed by atoms with van der Waals surface area (Å²) in [6.07, 6.45) is 2.06. The summed E-state index contributed by atoms with van der Waals surface area (Å²) >= 11 is 0. The summed E-state index contributed by atoms with van der Waals surface area (Å²) in [5, 5.41) is 2.94. The van der Waals surface area contributed by atoms with Gasteiger partial charge >= 0.3 is 0 Å². The van der Waals surface area contributed by atoms with E-state index in [1.807, 2.05) is 42.5 Å². The number of carbonyl (C=O) groups excluding carboxylic acids is 1. The number of amides is 1. The summed E-state index contributed by atoms with van der Waals surface area (Å²) in [5.74, 6) is 0.731. The summed E-state index contributed by atoms with van der Waals surface area (Å²) in [6, 6.07) is 15.5. The molecule has 0 saturated heterocycles. The first-order valence-electron chi connectivity index (χ1n) is 7.28. The Labute approximate surface area is 126 Å². The van der Waals surface area contributed by atoms with Crippen LogP contribution in [0.4, 0.5) is 0 Å². The number of hydrogen-bond acceptors (Lipinski definition) is 2. The third-order valence-corrected chi connectivity index (χ3v) is 3.36. The lowest BCUT2D eigenvalue weighted by molar-refractivity contribution is 0.0953. The van der Waals surface area contributed by atoms with E-state index in [1.165, 1.54) is 0 Å². The SMILES string of the molecule is CCCCNC(=O)c1ccc(OC)c(-c2ccccc2)c1. The molecular formula is C18H21NO2. The highest BCUT2D eigenvalue weighted by Crippen LogP contribution is 2.30. The van der Waals surface area contributed by atoms with Gasteiger partial charge in [0.15, 0.2) is 0 Å². The largest absolute Gasteiger partial charge is 0.496 e. The summed E-state index contributed by atoms with van der Waals surface area (Å²) in [6.45, 7) is 2.81. The van der Waals surface area contributed by atoms with E-state index in [0.29, 0.717) is 12.1 Å². The number of unbranched alkanes of at least 4 members (excludes halogenated alkanes) is 1. The first-order chi connectivity index (χ1) is 10.3.